The molecule has 0 radical (unpaired) electrons. The van der Waals surface area contributed by atoms with Crippen molar-refractivity contribution in [1.29, 1.82) is 0 Å². The highest BCUT2D eigenvalue weighted by Crippen LogP contribution is 2.30. The fourth-order valence-corrected chi connectivity index (χ4v) is 1.57. The van der Waals surface area contributed by atoms with Crippen molar-refractivity contribution in [3.8, 4) is 0 Å². The van der Waals surface area contributed by atoms with Crippen molar-refractivity contribution in [2.45, 2.75) is 12.0 Å². The van der Waals surface area contributed by atoms with Crippen molar-refractivity contribution < 1.29 is 13.9 Å². The lowest BCUT2D eigenvalue weighted by atomic mass is 10.1. The molecule has 0 aliphatic carbocycles. The van der Waals surface area contributed by atoms with Crippen LogP contribution in [0, 0.1) is 0 Å². The summed E-state index contributed by atoms with van der Waals surface area (Å²) in [6.45, 7) is -1.22. The first-order valence-electron chi connectivity index (χ1n) is 3.35. The maximum atomic E-state index is 12.7. The zero-order valence-corrected chi connectivity index (χ0v) is 7.02. The summed E-state index contributed by atoms with van der Waals surface area (Å²) in [5.74, 6) is -3.23. The lowest BCUT2D eigenvalue weighted by molar-refractivity contribution is -0.0703. The van der Waals surface area contributed by atoms with Gasteiger partial charge in [-0.05, 0) is 11.4 Å². The van der Waals surface area contributed by atoms with Gasteiger partial charge in [0.25, 0.3) is 5.92 Å². The average Bonchev–Trinajstić information content (AvgIpc) is 2.55. The van der Waals surface area contributed by atoms with Crippen molar-refractivity contribution in [3.63, 3.8) is 0 Å². The summed E-state index contributed by atoms with van der Waals surface area (Å²) in [7, 11) is 0. The lowest BCUT2D eigenvalue weighted by Gasteiger charge is -2.19. The fourth-order valence-electron chi connectivity index (χ4n) is 0.775. The van der Waals surface area contributed by atoms with Gasteiger partial charge in [0.2, 0.25) is 0 Å². The SMILES string of the molecule is N[C@H](c1cccs1)C(F)(F)CO. The van der Waals surface area contributed by atoms with Crippen molar-refractivity contribution in [3.05, 3.63) is 22.4 Å². The highest BCUT2D eigenvalue weighted by Gasteiger charge is 2.37. The number of halogens is 2. The monoisotopic (exact) mass is 193 g/mol. The van der Waals surface area contributed by atoms with E-state index in [-0.39, 0.29) is 0 Å². The molecule has 5 heteroatoms. The van der Waals surface area contributed by atoms with Crippen LogP contribution in [0.3, 0.4) is 0 Å². The van der Waals surface area contributed by atoms with Crippen LogP contribution in [0.4, 0.5) is 8.78 Å². The van der Waals surface area contributed by atoms with Gasteiger partial charge in [0.1, 0.15) is 12.6 Å². The summed E-state index contributed by atoms with van der Waals surface area (Å²) in [5, 5.41) is 10.0. The van der Waals surface area contributed by atoms with Crippen molar-refractivity contribution >= 4 is 11.3 Å². The summed E-state index contributed by atoms with van der Waals surface area (Å²) in [6.07, 6.45) is 0. The summed E-state index contributed by atoms with van der Waals surface area (Å²) in [4.78, 5) is 0.383. The largest absolute Gasteiger partial charge is 0.390 e. The molecule has 1 rings (SSSR count). The van der Waals surface area contributed by atoms with Gasteiger partial charge in [-0.3, -0.25) is 0 Å². The third-order valence-electron chi connectivity index (χ3n) is 1.52. The maximum absolute atomic E-state index is 12.7. The Hall–Kier alpha value is -0.520. The number of hydrogen-bond donors (Lipinski definition) is 2. The van der Waals surface area contributed by atoms with Gasteiger partial charge in [0, 0.05) is 4.88 Å². The molecule has 0 fully saturated rings. The molecule has 0 saturated carbocycles. The van der Waals surface area contributed by atoms with Gasteiger partial charge < -0.3 is 10.8 Å². The molecule has 3 N–H and O–H groups in total. The molecule has 1 aromatic rings. The summed E-state index contributed by atoms with van der Waals surface area (Å²) < 4.78 is 25.5. The molecule has 0 aromatic carbocycles. The highest BCUT2D eigenvalue weighted by molar-refractivity contribution is 7.10. The Morgan fingerprint density at radius 1 is 1.67 bits per heavy atom. The van der Waals surface area contributed by atoms with Crippen LogP contribution in [-0.2, 0) is 0 Å². The van der Waals surface area contributed by atoms with Crippen molar-refractivity contribution in [2.75, 3.05) is 6.61 Å². The Bertz CT molecular complexity index is 238. The van der Waals surface area contributed by atoms with Crippen LogP contribution in [0.5, 0.6) is 0 Å². The maximum Gasteiger partial charge on any atom is 0.290 e. The van der Waals surface area contributed by atoms with Gasteiger partial charge in [-0.25, -0.2) is 8.78 Å². The summed E-state index contributed by atoms with van der Waals surface area (Å²) in [6, 6.07) is 1.77. The van der Waals surface area contributed by atoms with E-state index in [1.54, 1.807) is 11.4 Å². The molecule has 0 spiro atoms. The molecule has 0 aliphatic rings. The number of rotatable bonds is 3. The minimum Gasteiger partial charge on any atom is -0.390 e. The standard InChI is InChI=1S/C7H9F2NOS/c8-7(9,4-11)6(10)5-2-1-3-12-5/h1-3,6,11H,4,10H2/t6-/m1/s1. The minimum absolute atomic E-state index is 0.383. The van der Waals surface area contributed by atoms with E-state index in [0.717, 1.165) is 11.3 Å². The van der Waals surface area contributed by atoms with E-state index in [9.17, 15) is 8.78 Å². The zero-order chi connectivity index (χ0) is 9.19. The first-order valence-corrected chi connectivity index (χ1v) is 4.23. The molecule has 0 saturated heterocycles. The molecule has 0 unspecified atom stereocenters. The number of hydrogen-bond acceptors (Lipinski definition) is 3. The number of alkyl halides is 2. The van der Waals surface area contributed by atoms with Gasteiger partial charge in [-0.2, -0.15) is 0 Å². The van der Waals surface area contributed by atoms with E-state index in [0.29, 0.717) is 4.88 Å². The van der Waals surface area contributed by atoms with Gasteiger partial charge in [0.05, 0.1) is 0 Å². The summed E-state index contributed by atoms with van der Waals surface area (Å²) >= 11 is 1.16. The number of aliphatic hydroxyl groups is 1. The lowest BCUT2D eigenvalue weighted by Crippen LogP contribution is -2.35. The molecule has 68 valence electrons. The predicted octanol–water partition coefficient (Wildman–Crippen LogP) is 1.38. The normalized spacial score (nSPS) is 14.7. The quantitative estimate of drug-likeness (QED) is 0.761. The van der Waals surface area contributed by atoms with E-state index in [1.807, 2.05) is 0 Å². The predicted molar refractivity (Wildman–Crippen MR) is 43.3 cm³/mol. The molecule has 0 amide bonds. The Morgan fingerprint density at radius 3 is 2.75 bits per heavy atom. The van der Waals surface area contributed by atoms with Crippen LogP contribution < -0.4 is 5.73 Å². The topological polar surface area (TPSA) is 46.2 Å². The first-order chi connectivity index (χ1) is 5.58. The van der Waals surface area contributed by atoms with Gasteiger partial charge in [0.15, 0.2) is 0 Å². The van der Waals surface area contributed by atoms with E-state index in [2.05, 4.69) is 0 Å². The third kappa shape index (κ3) is 1.80. The highest BCUT2D eigenvalue weighted by atomic mass is 32.1. The van der Waals surface area contributed by atoms with E-state index < -0.39 is 18.6 Å². The van der Waals surface area contributed by atoms with Gasteiger partial charge >= 0.3 is 0 Å². The molecular weight excluding hydrogens is 184 g/mol. The number of aliphatic hydroxyl groups excluding tert-OH is 1. The zero-order valence-electron chi connectivity index (χ0n) is 6.21. The van der Waals surface area contributed by atoms with Crippen LogP contribution in [-0.4, -0.2) is 17.6 Å². The van der Waals surface area contributed by atoms with E-state index in [1.165, 1.54) is 6.07 Å². The second kappa shape index (κ2) is 3.47. The molecule has 1 atom stereocenters. The molecule has 2 nitrogen and oxygen atoms in total. The summed E-state index contributed by atoms with van der Waals surface area (Å²) in [5.41, 5.74) is 5.23. The smallest absolute Gasteiger partial charge is 0.290 e. The van der Waals surface area contributed by atoms with E-state index in [4.69, 9.17) is 10.8 Å². The van der Waals surface area contributed by atoms with Crippen LogP contribution in [0.2, 0.25) is 0 Å². The number of nitrogens with two attached hydrogens (primary N) is 1. The Balaban J connectivity index is 2.78. The van der Waals surface area contributed by atoms with Crippen LogP contribution in [0.15, 0.2) is 17.5 Å². The molecule has 0 aliphatic heterocycles. The van der Waals surface area contributed by atoms with Crippen LogP contribution in [0.25, 0.3) is 0 Å². The van der Waals surface area contributed by atoms with Crippen molar-refractivity contribution in [2.24, 2.45) is 5.73 Å². The minimum atomic E-state index is -3.23. The van der Waals surface area contributed by atoms with Gasteiger partial charge in [-0.15, -0.1) is 11.3 Å². The average molecular weight is 193 g/mol. The van der Waals surface area contributed by atoms with Gasteiger partial charge in [-0.1, -0.05) is 6.07 Å². The Morgan fingerprint density at radius 2 is 2.33 bits per heavy atom. The molecule has 12 heavy (non-hydrogen) atoms. The van der Waals surface area contributed by atoms with E-state index >= 15 is 0 Å². The third-order valence-corrected chi connectivity index (χ3v) is 2.47. The molecule has 1 aromatic heterocycles. The van der Waals surface area contributed by atoms with Crippen molar-refractivity contribution in [1.82, 2.24) is 0 Å². The number of thiophene rings is 1. The Kier molecular flexibility index (Phi) is 2.76. The first kappa shape index (κ1) is 9.57. The van der Waals surface area contributed by atoms with Crippen LogP contribution in [0.1, 0.15) is 10.9 Å². The molecule has 0 bridgehead atoms. The second-order valence-electron chi connectivity index (χ2n) is 2.41. The van der Waals surface area contributed by atoms with Crippen LogP contribution >= 0.6 is 11.3 Å². The fraction of sp³-hybridized carbons (Fsp3) is 0.429. The molecule has 1 heterocycles. The molecular formula is C7H9F2NOS. The Labute approximate surface area is 72.6 Å². The second-order valence-corrected chi connectivity index (χ2v) is 3.39.